The van der Waals surface area contributed by atoms with Crippen molar-refractivity contribution in [3.63, 3.8) is 0 Å². The Morgan fingerprint density at radius 3 is 2.46 bits per heavy atom. The van der Waals surface area contributed by atoms with E-state index in [-0.39, 0.29) is 0 Å². The fraction of sp³-hybridized carbons (Fsp3) is 0.833. The second-order valence-electron chi connectivity index (χ2n) is 4.52. The van der Waals surface area contributed by atoms with Crippen molar-refractivity contribution in [2.24, 2.45) is 0 Å². The predicted octanol–water partition coefficient (Wildman–Crippen LogP) is 2.97. The fourth-order valence-corrected chi connectivity index (χ4v) is 2.73. The summed E-state index contributed by atoms with van der Waals surface area (Å²) in [6, 6.07) is 0.744. The van der Waals surface area contributed by atoms with Crippen LogP contribution in [0.15, 0.2) is 12.2 Å². The highest BCUT2D eigenvalue weighted by molar-refractivity contribution is 5.09. The van der Waals surface area contributed by atoms with Gasteiger partial charge in [0, 0.05) is 6.04 Å². The molecule has 0 N–H and O–H groups in total. The van der Waals surface area contributed by atoms with Gasteiger partial charge in [0.25, 0.3) is 0 Å². The van der Waals surface area contributed by atoms with E-state index in [1.165, 1.54) is 63.6 Å². The molecule has 0 aromatic carbocycles. The minimum absolute atomic E-state index is 0.744. The molecule has 1 heteroatoms. The Kier molecular flexibility index (Phi) is 3.05. The van der Waals surface area contributed by atoms with Crippen LogP contribution in [-0.2, 0) is 0 Å². The van der Waals surface area contributed by atoms with Crippen molar-refractivity contribution in [2.75, 3.05) is 13.1 Å². The van der Waals surface area contributed by atoms with Crippen molar-refractivity contribution in [1.82, 2.24) is 4.90 Å². The summed E-state index contributed by atoms with van der Waals surface area (Å²) in [5.74, 6) is 0. The van der Waals surface area contributed by atoms with E-state index in [9.17, 15) is 0 Å². The molecule has 0 radical (unpaired) electrons. The van der Waals surface area contributed by atoms with Crippen molar-refractivity contribution in [3.05, 3.63) is 12.2 Å². The van der Waals surface area contributed by atoms with Crippen LogP contribution in [0, 0.1) is 0 Å². The van der Waals surface area contributed by atoms with E-state index < -0.39 is 0 Å². The molecule has 74 valence electrons. The molecule has 0 aromatic rings. The van der Waals surface area contributed by atoms with Crippen LogP contribution in [0.1, 0.15) is 44.9 Å². The number of piperidine rings is 1. The molecule has 1 heterocycles. The summed E-state index contributed by atoms with van der Waals surface area (Å²) >= 11 is 0. The largest absolute Gasteiger partial charge is 0.297 e. The molecule has 1 atom stereocenters. The lowest BCUT2D eigenvalue weighted by Gasteiger charge is -2.38. The fourth-order valence-electron chi connectivity index (χ4n) is 2.73. The molecule has 1 unspecified atom stereocenters. The van der Waals surface area contributed by atoms with Crippen LogP contribution in [0.5, 0.6) is 0 Å². The summed E-state index contributed by atoms with van der Waals surface area (Å²) in [7, 11) is 0. The normalized spacial score (nSPS) is 32.0. The number of nitrogens with zero attached hydrogens (tertiary/aromatic N) is 1. The third kappa shape index (κ3) is 2.14. The number of likely N-dealkylation sites (tertiary alicyclic amines) is 1. The minimum Gasteiger partial charge on any atom is -0.297 e. The first-order chi connectivity index (χ1) is 6.38. The summed E-state index contributed by atoms with van der Waals surface area (Å²) in [5, 5.41) is 0. The van der Waals surface area contributed by atoms with Gasteiger partial charge in [-0.2, -0.15) is 0 Å². The van der Waals surface area contributed by atoms with Gasteiger partial charge in [-0.15, -0.1) is 0 Å². The van der Waals surface area contributed by atoms with Crippen molar-refractivity contribution >= 4 is 0 Å². The molecule has 0 spiro atoms. The first kappa shape index (κ1) is 9.26. The monoisotopic (exact) mass is 179 g/mol. The van der Waals surface area contributed by atoms with Gasteiger partial charge in [0.2, 0.25) is 0 Å². The first-order valence-electron chi connectivity index (χ1n) is 5.79. The van der Waals surface area contributed by atoms with Crippen LogP contribution in [0.3, 0.4) is 0 Å². The molecule has 2 aliphatic rings. The van der Waals surface area contributed by atoms with Crippen LogP contribution < -0.4 is 0 Å². The van der Waals surface area contributed by atoms with Crippen molar-refractivity contribution in [3.8, 4) is 0 Å². The van der Waals surface area contributed by atoms with Crippen LogP contribution in [0.2, 0.25) is 0 Å². The molecular formula is C12H21N. The van der Waals surface area contributed by atoms with E-state index in [4.69, 9.17) is 0 Å². The highest BCUT2D eigenvalue weighted by Gasteiger charge is 2.24. The summed E-state index contributed by atoms with van der Waals surface area (Å²) in [4.78, 5) is 2.67. The van der Waals surface area contributed by atoms with Gasteiger partial charge in [-0.25, -0.2) is 0 Å². The van der Waals surface area contributed by atoms with E-state index in [0.29, 0.717) is 0 Å². The SMILES string of the molecule is C=C1CCCCC1N1CCCCC1. The standard InChI is InChI=1S/C12H21N/c1-11-7-3-4-8-12(11)13-9-5-2-6-10-13/h12H,1-10H2. The van der Waals surface area contributed by atoms with Crippen LogP contribution >= 0.6 is 0 Å². The Hall–Kier alpha value is -0.300. The van der Waals surface area contributed by atoms with E-state index in [2.05, 4.69) is 11.5 Å². The van der Waals surface area contributed by atoms with Gasteiger partial charge in [0.05, 0.1) is 0 Å². The maximum absolute atomic E-state index is 4.23. The second-order valence-corrected chi connectivity index (χ2v) is 4.52. The zero-order valence-electron chi connectivity index (χ0n) is 8.60. The van der Waals surface area contributed by atoms with Gasteiger partial charge >= 0.3 is 0 Å². The maximum Gasteiger partial charge on any atom is 0.0304 e. The number of rotatable bonds is 1. The molecule has 2 rings (SSSR count). The molecular weight excluding hydrogens is 158 g/mol. The van der Waals surface area contributed by atoms with Crippen LogP contribution in [0.25, 0.3) is 0 Å². The van der Waals surface area contributed by atoms with Crippen molar-refractivity contribution in [2.45, 2.75) is 51.0 Å². The lowest BCUT2D eigenvalue weighted by atomic mass is 9.89. The zero-order chi connectivity index (χ0) is 9.10. The summed E-state index contributed by atoms with van der Waals surface area (Å²) in [6.45, 7) is 6.88. The van der Waals surface area contributed by atoms with E-state index >= 15 is 0 Å². The number of hydrogen-bond acceptors (Lipinski definition) is 1. The molecule has 1 saturated heterocycles. The summed E-state index contributed by atoms with van der Waals surface area (Å²) < 4.78 is 0. The molecule has 1 nitrogen and oxygen atoms in total. The average molecular weight is 179 g/mol. The van der Waals surface area contributed by atoms with Crippen molar-refractivity contribution in [1.29, 1.82) is 0 Å². The van der Waals surface area contributed by atoms with Gasteiger partial charge in [0.1, 0.15) is 0 Å². The van der Waals surface area contributed by atoms with E-state index in [1.54, 1.807) is 0 Å². The molecule has 13 heavy (non-hydrogen) atoms. The van der Waals surface area contributed by atoms with Gasteiger partial charge in [-0.1, -0.05) is 25.0 Å². The number of hydrogen-bond donors (Lipinski definition) is 0. The molecule has 1 aliphatic carbocycles. The lowest BCUT2D eigenvalue weighted by Crippen LogP contribution is -2.41. The molecule has 0 aromatic heterocycles. The lowest BCUT2D eigenvalue weighted by molar-refractivity contribution is 0.164. The molecule has 1 aliphatic heterocycles. The Labute approximate surface area is 81.8 Å². The Morgan fingerprint density at radius 1 is 1.00 bits per heavy atom. The Balaban J connectivity index is 1.92. The van der Waals surface area contributed by atoms with Gasteiger partial charge in [-0.3, -0.25) is 4.90 Å². The van der Waals surface area contributed by atoms with Gasteiger partial charge in [0.15, 0.2) is 0 Å². The molecule has 1 saturated carbocycles. The quantitative estimate of drug-likeness (QED) is 0.559. The Morgan fingerprint density at radius 2 is 1.77 bits per heavy atom. The highest BCUT2D eigenvalue weighted by atomic mass is 15.2. The van der Waals surface area contributed by atoms with Crippen LogP contribution in [0.4, 0.5) is 0 Å². The van der Waals surface area contributed by atoms with Gasteiger partial charge < -0.3 is 0 Å². The Bertz CT molecular complexity index is 180. The first-order valence-corrected chi connectivity index (χ1v) is 5.79. The minimum atomic E-state index is 0.744. The molecule has 2 fully saturated rings. The third-order valence-corrected chi connectivity index (χ3v) is 3.53. The average Bonchev–Trinajstić information content (AvgIpc) is 2.20. The smallest absolute Gasteiger partial charge is 0.0304 e. The summed E-state index contributed by atoms with van der Waals surface area (Å²) in [6.07, 6.45) is 9.70. The summed E-state index contributed by atoms with van der Waals surface area (Å²) in [5.41, 5.74) is 1.51. The topological polar surface area (TPSA) is 3.24 Å². The third-order valence-electron chi connectivity index (χ3n) is 3.53. The second kappa shape index (κ2) is 4.28. The van der Waals surface area contributed by atoms with E-state index in [1.807, 2.05) is 0 Å². The zero-order valence-corrected chi connectivity index (χ0v) is 8.60. The van der Waals surface area contributed by atoms with Crippen LogP contribution in [-0.4, -0.2) is 24.0 Å². The molecule has 0 amide bonds. The maximum atomic E-state index is 4.23. The highest BCUT2D eigenvalue weighted by Crippen LogP contribution is 2.28. The molecule has 0 bridgehead atoms. The van der Waals surface area contributed by atoms with Crippen molar-refractivity contribution < 1.29 is 0 Å². The predicted molar refractivity (Wildman–Crippen MR) is 56.8 cm³/mol. The van der Waals surface area contributed by atoms with E-state index in [0.717, 1.165) is 6.04 Å². The van der Waals surface area contributed by atoms with Gasteiger partial charge in [-0.05, 0) is 45.2 Å².